The standard InChI is InChI=1S/C21H25N5O3/c1-23-21(29)26(15-6-7-15)18(22-23)14-8-10-24(11-9-14)12-13-25-19(27)16-4-2-3-5-17(16)20(25)28/h2-5,14-15H,6-13H2,1H3. The number of nitrogens with zero attached hydrogens (tertiary/aromatic N) is 5. The van der Waals surface area contributed by atoms with E-state index in [4.69, 9.17) is 0 Å². The average Bonchev–Trinajstić information content (AvgIpc) is 3.49. The van der Waals surface area contributed by atoms with E-state index in [2.05, 4.69) is 10.00 Å². The molecule has 3 aliphatic rings. The van der Waals surface area contributed by atoms with Crippen molar-refractivity contribution in [3.8, 4) is 0 Å². The van der Waals surface area contributed by atoms with E-state index in [1.165, 1.54) is 9.58 Å². The number of hydrogen-bond donors (Lipinski definition) is 0. The Labute approximate surface area is 168 Å². The molecule has 5 rings (SSSR count). The summed E-state index contributed by atoms with van der Waals surface area (Å²) in [6.07, 6.45) is 4.01. The predicted molar refractivity (Wildman–Crippen MR) is 106 cm³/mol. The van der Waals surface area contributed by atoms with E-state index in [0.29, 0.717) is 36.2 Å². The molecular formula is C21H25N5O3. The number of piperidine rings is 1. The molecule has 29 heavy (non-hydrogen) atoms. The fraction of sp³-hybridized carbons (Fsp3) is 0.524. The quantitative estimate of drug-likeness (QED) is 0.715. The third kappa shape index (κ3) is 3.11. The molecule has 3 heterocycles. The highest BCUT2D eigenvalue weighted by atomic mass is 16.2. The number of benzene rings is 1. The van der Waals surface area contributed by atoms with Crippen molar-refractivity contribution in [1.29, 1.82) is 0 Å². The summed E-state index contributed by atoms with van der Waals surface area (Å²) >= 11 is 0. The number of imide groups is 1. The molecule has 2 amide bonds. The van der Waals surface area contributed by atoms with Gasteiger partial charge in [0.2, 0.25) is 0 Å². The van der Waals surface area contributed by atoms with Gasteiger partial charge in [-0.2, -0.15) is 5.10 Å². The molecule has 0 N–H and O–H groups in total. The fourth-order valence-electron chi connectivity index (χ4n) is 4.55. The molecule has 1 saturated heterocycles. The normalized spacial score (nSPS) is 20.5. The molecule has 2 fully saturated rings. The number of carbonyl (C=O) groups is 2. The van der Waals surface area contributed by atoms with Gasteiger partial charge in [0.25, 0.3) is 11.8 Å². The monoisotopic (exact) mass is 395 g/mol. The van der Waals surface area contributed by atoms with Crippen molar-refractivity contribution in [3.05, 3.63) is 51.7 Å². The van der Waals surface area contributed by atoms with Crippen LogP contribution in [-0.4, -0.2) is 62.1 Å². The van der Waals surface area contributed by atoms with Crippen molar-refractivity contribution in [2.45, 2.75) is 37.6 Å². The zero-order valence-corrected chi connectivity index (χ0v) is 16.6. The summed E-state index contributed by atoms with van der Waals surface area (Å²) in [6.45, 7) is 2.84. The van der Waals surface area contributed by atoms with Gasteiger partial charge in [0.1, 0.15) is 5.82 Å². The number of aryl methyl sites for hydroxylation is 1. The second kappa shape index (κ2) is 6.95. The van der Waals surface area contributed by atoms with Crippen molar-refractivity contribution in [2.24, 2.45) is 7.05 Å². The molecule has 1 saturated carbocycles. The maximum absolute atomic E-state index is 12.5. The minimum atomic E-state index is -0.192. The third-order valence-corrected chi connectivity index (χ3v) is 6.36. The van der Waals surface area contributed by atoms with Gasteiger partial charge < -0.3 is 4.90 Å². The van der Waals surface area contributed by atoms with Gasteiger partial charge in [-0.05, 0) is 50.9 Å². The lowest BCUT2D eigenvalue weighted by Crippen LogP contribution is -2.41. The second-order valence-corrected chi connectivity index (χ2v) is 8.29. The van der Waals surface area contributed by atoms with E-state index in [9.17, 15) is 14.4 Å². The molecule has 1 aromatic carbocycles. The summed E-state index contributed by atoms with van der Waals surface area (Å²) in [5.41, 5.74) is 1.00. The van der Waals surface area contributed by atoms with Crippen LogP contribution in [0.3, 0.4) is 0 Å². The largest absolute Gasteiger partial charge is 0.345 e. The predicted octanol–water partition coefficient (Wildman–Crippen LogP) is 1.39. The van der Waals surface area contributed by atoms with Crippen molar-refractivity contribution in [1.82, 2.24) is 24.1 Å². The zero-order chi connectivity index (χ0) is 20.1. The van der Waals surface area contributed by atoms with Gasteiger partial charge in [0, 0.05) is 32.1 Å². The van der Waals surface area contributed by atoms with Crippen LogP contribution >= 0.6 is 0 Å². The molecule has 152 valence electrons. The van der Waals surface area contributed by atoms with E-state index < -0.39 is 0 Å². The summed E-state index contributed by atoms with van der Waals surface area (Å²) in [4.78, 5) is 41.0. The van der Waals surface area contributed by atoms with Crippen molar-refractivity contribution in [3.63, 3.8) is 0 Å². The van der Waals surface area contributed by atoms with Crippen molar-refractivity contribution >= 4 is 11.8 Å². The molecule has 0 atom stereocenters. The first-order valence-corrected chi connectivity index (χ1v) is 10.4. The van der Waals surface area contributed by atoms with E-state index in [1.807, 2.05) is 4.57 Å². The number of likely N-dealkylation sites (tertiary alicyclic amines) is 1. The number of aromatic nitrogens is 3. The Morgan fingerprint density at radius 3 is 2.14 bits per heavy atom. The first kappa shape index (κ1) is 18.3. The molecule has 8 heteroatoms. The highest BCUT2D eigenvalue weighted by molar-refractivity contribution is 6.21. The number of carbonyl (C=O) groups excluding carboxylic acids is 2. The van der Waals surface area contributed by atoms with Gasteiger partial charge in [0.15, 0.2) is 0 Å². The number of fused-ring (bicyclic) bond motifs is 1. The van der Waals surface area contributed by atoms with E-state index in [-0.39, 0.29) is 17.5 Å². The lowest BCUT2D eigenvalue weighted by molar-refractivity contribution is 0.0629. The maximum atomic E-state index is 12.5. The molecule has 0 bridgehead atoms. The van der Waals surface area contributed by atoms with E-state index >= 15 is 0 Å². The van der Waals surface area contributed by atoms with Crippen LogP contribution in [0.4, 0.5) is 0 Å². The second-order valence-electron chi connectivity index (χ2n) is 8.29. The summed E-state index contributed by atoms with van der Waals surface area (Å²) < 4.78 is 3.36. The van der Waals surface area contributed by atoms with Crippen LogP contribution in [0, 0.1) is 0 Å². The minimum absolute atomic E-state index is 0.00412. The molecule has 0 unspecified atom stereocenters. The van der Waals surface area contributed by atoms with Crippen LogP contribution < -0.4 is 5.69 Å². The first-order valence-electron chi connectivity index (χ1n) is 10.4. The van der Waals surface area contributed by atoms with Crippen LogP contribution in [0.15, 0.2) is 29.1 Å². The minimum Gasteiger partial charge on any atom is -0.302 e. The number of amides is 2. The lowest BCUT2D eigenvalue weighted by Gasteiger charge is -2.32. The van der Waals surface area contributed by atoms with Crippen LogP contribution in [0.1, 0.15) is 64.2 Å². The van der Waals surface area contributed by atoms with Gasteiger partial charge >= 0.3 is 5.69 Å². The Hall–Kier alpha value is -2.74. The first-order chi connectivity index (χ1) is 14.0. The molecule has 8 nitrogen and oxygen atoms in total. The highest BCUT2D eigenvalue weighted by Gasteiger charge is 2.36. The molecule has 2 aliphatic heterocycles. The van der Waals surface area contributed by atoms with Gasteiger partial charge in [0.05, 0.1) is 11.1 Å². The van der Waals surface area contributed by atoms with Crippen LogP contribution in [0.25, 0.3) is 0 Å². The Morgan fingerprint density at radius 1 is 0.931 bits per heavy atom. The lowest BCUT2D eigenvalue weighted by atomic mass is 9.96. The van der Waals surface area contributed by atoms with Gasteiger partial charge in [-0.15, -0.1) is 0 Å². The maximum Gasteiger partial charge on any atom is 0.345 e. The molecule has 1 aromatic heterocycles. The summed E-state index contributed by atoms with van der Waals surface area (Å²) in [6, 6.07) is 7.34. The summed E-state index contributed by atoms with van der Waals surface area (Å²) in [5, 5.41) is 4.52. The Balaban J connectivity index is 1.20. The van der Waals surface area contributed by atoms with Gasteiger partial charge in [-0.3, -0.25) is 19.1 Å². The molecular weight excluding hydrogens is 370 g/mol. The SMILES string of the molecule is Cn1nc(C2CCN(CCN3C(=O)c4ccccc4C3=O)CC2)n(C2CC2)c1=O. The fourth-order valence-corrected chi connectivity index (χ4v) is 4.55. The molecule has 0 radical (unpaired) electrons. The van der Waals surface area contributed by atoms with Gasteiger partial charge in [-0.25, -0.2) is 9.48 Å². The summed E-state index contributed by atoms with van der Waals surface area (Å²) in [5.74, 6) is 0.838. The Kier molecular flexibility index (Phi) is 4.38. The van der Waals surface area contributed by atoms with E-state index in [0.717, 1.165) is 44.6 Å². The smallest absolute Gasteiger partial charge is 0.302 e. The molecule has 0 spiro atoms. The molecule has 2 aromatic rings. The highest BCUT2D eigenvalue weighted by Crippen LogP contribution is 2.37. The van der Waals surface area contributed by atoms with Crippen LogP contribution in [0.2, 0.25) is 0 Å². The molecule has 1 aliphatic carbocycles. The number of hydrogen-bond acceptors (Lipinski definition) is 5. The Morgan fingerprint density at radius 2 is 1.55 bits per heavy atom. The summed E-state index contributed by atoms with van der Waals surface area (Å²) in [7, 11) is 1.72. The third-order valence-electron chi connectivity index (χ3n) is 6.36. The zero-order valence-electron chi connectivity index (χ0n) is 16.6. The van der Waals surface area contributed by atoms with Crippen LogP contribution in [0.5, 0.6) is 0 Å². The van der Waals surface area contributed by atoms with Crippen molar-refractivity contribution < 1.29 is 9.59 Å². The Bertz CT molecular complexity index is 992. The van der Waals surface area contributed by atoms with E-state index in [1.54, 1.807) is 31.3 Å². The average molecular weight is 395 g/mol. The van der Waals surface area contributed by atoms with Gasteiger partial charge in [-0.1, -0.05) is 12.1 Å². The topological polar surface area (TPSA) is 80.4 Å². The van der Waals surface area contributed by atoms with Crippen molar-refractivity contribution in [2.75, 3.05) is 26.2 Å². The number of rotatable bonds is 5. The van der Waals surface area contributed by atoms with Crippen LogP contribution in [-0.2, 0) is 7.05 Å².